The zero-order valence-corrected chi connectivity index (χ0v) is 22.3. The van der Waals surface area contributed by atoms with Crippen molar-refractivity contribution >= 4 is 13.0 Å². The standard InChI is InChI=1S/C26H45BN2O3/c1-12-13-22(24(5,6)7)29(23(30)21-15-14-18(2)16-19(3)17-21)28-20(4)27-31-25(8,9)26(10,11)32-27/h14,16-17,20,22,28H,12-13,15H2,1-11H3/t20?,22-/m1/s1. The molecule has 6 heteroatoms. The Labute approximate surface area is 196 Å². The predicted octanol–water partition coefficient (Wildman–Crippen LogP) is 5.78. The molecule has 2 atom stereocenters. The van der Waals surface area contributed by atoms with Crippen LogP contribution in [-0.4, -0.2) is 41.2 Å². The first-order valence-electron chi connectivity index (χ1n) is 12.1. The third-order valence-electron chi connectivity index (χ3n) is 6.89. The Morgan fingerprint density at radius 2 is 1.69 bits per heavy atom. The summed E-state index contributed by atoms with van der Waals surface area (Å²) in [5.41, 5.74) is 5.70. The molecule has 5 nitrogen and oxygen atoms in total. The average molecular weight is 444 g/mol. The molecule has 180 valence electrons. The van der Waals surface area contributed by atoms with E-state index in [0.29, 0.717) is 6.42 Å². The van der Waals surface area contributed by atoms with E-state index in [9.17, 15) is 4.79 Å². The number of hydrazine groups is 1. The van der Waals surface area contributed by atoms with Crippen molar-refractivity contribution < 1.29 is 14.1 Å². The van der Waals surface area contributed by atoms with Crippen molar-refractivity contribution in [2.24, 2.45) is 5.41 Å². The summed E-state index contributed by atoms with van der Waals surface area (Å²) in [5.74, 6) is -0.164. The number of nitrogens with one attached hydrogen (secondary N) is 1. The van der Waals surface area contributed by atoms with Crippen LogP contribution < -0.4 is 5.43 Å². The van der Waals surface area contributed by atoms with E-state index in [0.717, 1.165) is 24.0 Å². The van der Waals surface area contributed by atoms with Crippen LogP contribution in [0.25, 0.3) is 0 Å². The van der Waals surface area contributed by atoms with E-state index in [-0.39, 0.29) is 23.3 Å². The van der Waals surface area contributed by atoms with Crippen LogP contribution in [0.2, 0.25) is 0 Å². The summed E-state index contributed by atoms with van der Waals surface area (Å²) in [4.78, 5) is 13.9. The average Bonchev–Trinajstić information content (AvgIpc) is 2.76. The number of rotatable bonds is 7. The fraction of sp³-hybridized carbons (Fsp3) is 0.731. The van der Waals surface area contributed by atoms with Crippen molar-refractivity contribution in [2.75, 3.05) is 0 Å². The molecular formula is C26H45BN2O3. The van der Waals surface area contributed by atoms with Gasteiger partial charge in [-0.25, -0.2) is 5.43 Å². The fourth-order valence-electron chi connectivity index (χ4n) is 4.25. The second-order valence-corrected chi connectivity index (χ2v) is 11.6. The summed E-state index contributed by atoms with van der Waals surface area (Å²) >= 11 is 0. The number of amides is 1. The minimum absolute atomic E-state index is 0.0282. The highest BCUT2D eigenvalue weighted by atomic mass is 16.7. The molecule has 1 N–H and O–H groups in total. The molecule has 1 unspecified atom stereocenters. The van der Waals surface area contributed by atoms with Gasteiger partial charge >= 0.3 is 7.12 Å². The summed E-state index contributed by atoms with van der Waals surface area (Å²) in [6, 6.07) is 0.0309. The smallest absolute Gasteiger partial charge is 0.402 e. The van der Waals surface area contributed by atoms with Gasteiger partial charge in [-0.2, -0.15) is 0 Å². The van der Waals surface area contributed by atoms with E-state index < -0.39 is 18.3 Å². The van der Waals surface area contributed by atoms with Gasteiger partial charge in [0.2, 0.25) is 0 Å². The van der Waals surface area contributed by atoms with Gasteiger partial charge in [-0.1, -0.05) is 63.5 Å². The summed E-state index contributed by atoms with van der Waals surface area (Å²) < 4.78 is 12.5. The molecule has 0 bridgehead atoms. The second-order valence-electron chi connectivity index (χ2n) is 11.6. The van der Waals surface area contributed by atoms with Gasteiger partial charge in [0.05, 0.1) is 23.2 Å². The highest BCUT2D eigenvalue weighted by Crippen LogP contribution is 2.38. The van der Waals surface area contributed by atoms with Crippen LogP contribution in [0.3, 0.4) is 0 Å². The largest absolute Gasteiger partial charge is 0.477 e. The van der Waals surface area contributed by atoms with Gasteiger partial charge < -0.3 is 9.31 Å². The van der Waals surface area contributed by atoms with Gasteiger partial charge in [-0.3, -0.25) is 9.80 Å². The molecule has 1 amide bonds. The van der Waals surface area contributed by atoms with E-state index in [4.69, 9.17) is 9.31 Å². The zero-order valence-electron chi connectivity index (χ0n) is 22.3. The summed E-state index contributed by atoms with van der Waals surface area (Å²) in [7, 11) is -0.440. The van der Waals surface area contributed by atoms with Gasteiger partial charge in [-0.05, 0) is 66.7 Å². The minimum Gasteiger partial charge on any atom is -0.402 e. The monoisotopic (exact) mass is 444 g/mol. The molecule has 1 aliphatic heterocycles. The molecule has 0 radical (unpaired) electrons. The van der Waals surface area contributed by atoms with Gasteiger partial charge in [0, 0.05) is 5.57 Å². The van der Waals surface area contributed by atoms with Gasteiger partial charge in [-0.15, -0.1) is 0 Å². The van der Waals surface area contributed by atoms with Crippen LogP contribution in [-0.2, 0) is 14.1 Å². The highest BCUT2D eigenvalue weighted by molar-refractivity contribution is 6.47. The number of carbonyl (C=O) groups is 1. The Bertz CT molecular complexity index is 773. The summed E-state index contributed by atoms with van der Waals surface area (Å²) in [6.07, 6.45) is 8.81. The van der Waals surface area contributed by atoms with E-state index in [2.05, 4.69) is 79.9 Å². The van der Waals surface area contributed by atoms with Crippen LogP contribution in [0.1, 0.15) is 95.4 Å². The maximum absolute atomic E-state index is 13.9. The molecular weight excluding hydrogens is 399 g/mol. The molecule has 32 heavy (non-hydrogen) atoms. The molecule has 0 aromatic heterocycles. The van der Waals surface area contributed by atoms with Crippen LogP contribution in [0.5, 0.6) is 0 Å². The van der Waals surface area contributed by atoms with Crippen molar-refractivity contribution in [3.63, 3.8) is 0 Å². The molecule has 1 aliphatic carbocycles. The Balaban J connectivity index is 2.37. The number of hydrogen-bond acceptors (Lipinski definition) is 4. The molecule has 0 aromatic rings. The lowest BCUT2D eigenvalue weighted by molar-refractivity contribution is -0.137. The topological polar surface area (TPSA) is 50.8 Å². The van der Waals surface area contributed by atoms with Crippen LogP contribution in [0.15, 0.2) is 34.9 Å². The van der Waals surface area contributed by atoms with Crippen LogP contribution in [0.4, 0.5) is 0 Å². The third kappa shape index (κ3) is 6.15. The predicted molar refractivity (Wildman–Crippen MR) is 134 cm³/mol. The first kappa shape index (κ1) is 26.9. The normalized spacial score (nSPS) is 22.5. The molecule has 1 saturated heterocycles. The Morgan fingerprint density at radius 3 is 2.19 bits per heavy atom. The van der Waals surface area contributed by atoms with Crippen molar-refractivity contribution in [1.29, 1.82) is 0 Å². The number of nitrogens with zero attached hydrogens (tertiary/aromatic N) is 1. The zero-order chi connectivity index (χ0) is 24.5. The van der Waals surface area contributed by atoms with Gasteiger partial charge in [0.1, 0.15) is 0 Å². The number of hydrogen-bond donors (Lipinski definition) is 1. The Morgan fingerprint density at radius 1 is 1.12 bits per heavy atom. The first-order chi connectivity index (χ1) is 14.6. The van der Waals surface area contributed by atoms with Crippen molar-refractivity contribution in [1.82, 2.24) is 10.4 Å². The molecule has 2 rings (SSSR count). The lowest BCUT2D eigenvalue weighted by Gasteiger charge is -2.42. The fourth-order valence-corrected chi connectivity index (χ4v) is 4.25. The molecule has 0 spiro atoms. The molecule has 1 heterocycles. The molecule has 2 aliphatic rings. The summed E-state index contributed by atoms with van der Waals surface area (Å²) in [6.45, 7) is 23.1. The first-order valence-corrected chi connectivity index (χ1v) is 12.1. The maximum Gasteiger partial charge on any atom is 0.477 e. The third-order valence-corrected chi connectivity index (χ3v) is 6.89. The quantitative estimate of drug-likeness (QED) is 0.400. The molecule has 1 fully saturated rings. The molecule has 0 saturated carbocycles. The second kappa shape index (κ2) is 9.86. The van der Waals surface area contributed by atoms with Gasteiger partial charge in [0.15, 0.2) is 0 Å². The Hall–Kier alpha value is -1.37. The number of carbonyl (C=O) groups excluding carboxylic acids is 1. The van der Waals surface area contributed by atoms with Crippen molar-refractivity contribution in [3.8, 4) is 0 Å². The van der Waals surface area contributed by atoms with E-state index in [1.165, 1.54) is 5.57 Å². The maximum atomic E-state index is 13.9. The SMILES string of the molecule is CCC[C@@H](N(NC(C)B1OC(C)(C)C(C)(C)O1)C(=O)C1=CC(C)=CC(C)=CC1)C(C)(C)C. The lowest BCUT2D eigenvalue weighted by Crippen LogP contribution is -2.60. The van der Waals surface area contributed by atoms with Gasteiger partial charge in [0.25, 0.3) is 5.91 Å². The van der Waals surface area contributed by atoms with Crippen LogP contribution >= 0.6 is 0 Å². The molecule has 0 aromatic carbocycles. The van der Waals surface area contributed by atoms with Crippen LogP contribution in [0, 0.1) is 5.41 Å². The highest BCUT2D eigenvalue weighted by Gasteiger charge is 2.53. The van der Waals surface area contributed by atoms with E-state index in [1.54, 1.807) is 0 Å². The van der Waals surface area contributed by atoms with Crippen molar-refractivity contribution in [2.45, 2.75) is 119 Å². The summed E-state index contributed by atoms with van der Waals surface area (Å²) in [5, 5.41) is 1.87. The van der Waals surface area contributed by atoms with E-state index >= 15 is 0 Å². The number of allylic oxidation sites excluding steroid dienone is 5. The lowest BCUT2D eigenvalue weighted by atomic mass is 9.79. The van der Waals surface area contributed by atoms with E-state index in [1.807, 2.05) is 24.9 Å². The van der Waals surface area contributed by atoms with Crippen molar-refractivity contribution in [3.05, 3.63) is 34.9 Å². The Kier molecular flexibility index (Phi) is 8.29. The minimum atomic E-state index is -0.440.